The SMILES string of the molecule is COc1ccc(C(=O)CSc2nnc(Nc3ccccc3F)s2)c(OC)c1. The number of halogens is 1. The first-order valence-corrected chi connectivity index (χ1v) is 9.64. The Morgan fingerprint density at radius 2 is 2.00 bits per heavy atom. The summed E-state index contributed by atoms with van der Waals surface area (Å²) in [6, 6.07) is 11.4. The van der Waals surface area contributed by atoms with E-state index in [-0.39, 0.29) is 17.4 Å². The molecule has 0 amide bonds. The lowest BCUT2D eigenvalue weighted by Crippen LogP contribution is -2.05. The number of hydrogen-bond acceptors (Lipinski definition) is 8. The van der Waals surface area contributed by atoms with Crippen LogP contribution in [0.15, 0.2) is 46.8 Å². The van der Waals surface area contributed by atoms with E-state index in [0.29, 0.717) is 32.2 Å². The molecule has 2 aromatic carbocycles. The molecular formula is C18H16FN3O3S2. The minimum Gasteiger partial charge on any atom is -0.497 e. The molecule has 0 fully saturated rings. The summed E-state index contributed by atoms with van der Waals surface area (Å²) in [5, 5.41) is 11.3. The lowest BCUT2D eigenvalue weighted by molar-refractivity contribution is 0.101. The van der Waals surface area contributed by atoms with E-state index in [9.17, 15) is 9.18 Å². The fraction of sp³-hybridized carbons (Fsp3) is 0.167. The van der Waals surface area contributed by atoms with Crippen LogP contribution in [0, 0.1) is 5.82 Å². The second-order valence-corrected chi connectivity index (χ2v) is 7.46. The van der Waals surface area contributed by atoms with Crippen molar-refractivity contribution in [3.05, 3.63) is 53.8 Å². The maximum absolute atomic E-state index is 13.7. The number of thioether (sulfide) groups is 1. The van der Waals surface area contributed by atoms with Gasteiger partial charge in [0, 0.05) is 6.07 Å². The minimum atomic E-state index is -0.372. The molecule has 0 atom stereocenters. The number of para-hydroxylation sites is 1. The number of carbonyl (C=O) groups is 1. The third kappa shape index (κ3) is 4.75. The molecule has 140 valence electrons. The van der Waals surface area contributed by atoms with Gasteiger partial charge in [-0.1, -0.05) is 35.2 Å². The molecule has 1 aromatic heterocycles. The van der Waals surface area contributed by atoms with Crippen molar-refractivity contribution in [3.8, 4) is 11.5 Å². The zero-order chi connectivity index (χ0) is 19.2. The summed E-state index contributed by atoms with van der Waals surface area (Å²) in [4.78, 5) is 12.5. The predicted molar refractivity (Wildman–Crippen MR) is 104 cm³/mol. The van der Waals surface area contributed by atoms with E-state index in [1.165, 1.54) is 36.3 Å². The van der Waals surface area contributed by atoms with Gasteiger partial charge < -0.3 is 14.8 Å². The van der Waals surface area contributed by atoms with E-state index in [1.54, 1.807) is 43.5 Å². The van der Waals surface area contributed by atoms with Gasteiger partial charge in [0.1, 0.15) is 17.3 Å². The number of nitrogens with zero attached hydrogens (tertiary/aromatic N) is 2. The molecule has 1 heterocycles. The maximum atomic E-state index is 13.7. The molecule has 0 saturated carbocycles. The van der Waals surface area contributed by atoms with Crippen molar-refractivity contribution >= 4 is 39.7 Å². The van der Waals surface area contributed by atoms with Crippen LogP contribution in [0.4, 0.5) is 15.2 Å². The average Bonchev–Trinajstić information content (AvgIpc) is 3.14. The van der Waals surface area contributed by atoms with Crippen molar-refractivity contribution in [1.29, 1.82) is 0 Å². The lowest BCUT2D eigenvalue weighted by Gasteiger charge is -2.09. The third-order valence-corrected chi connectivity index (χ3v) is 5.53. The number of carbonyl (C=O) groups excluding carboxylic acids is 1. The van der Waals surface area contributed by atoms with Crippen LogP contribution in [0.5, 0.6) is 11.5 Å². The van der Waals surface area contributed by atoms with E-state index < -0.39 is 0 Å². The Morgan fingerprint density at radius 3 is 2.74 bits per heavy atom. The molecule has 0 aliphatic carbocycles. The number of Topliss-reactive ketones (excluding diaryl/α,β-unsaturated/α-hetero) is 1. The summed E-state index contributed by atoms with van der Waals surface area (Å²) in [6.45, 7) is 0. The number of ether oxygens (including phenoxy) is 2. The minimum absolute atomic E-state index is 0.0988. The zero-order valence-electron chi connectivity index (χ0n) is 14.6. The van der Waals surface area contributed by atoms with Crippen LogP contribution in [0.2, 0.25) is 0 Å². The molecule has 3 aromatic rings. The highest BCUT2D eigenvalue weighted by Crippen LogP contribution is 2.30. The molecule has 6 nitrogen and oxygen atoms in total. The van der Waals surface area contributed by atoms with Crippen molar-refractivity contribution in [2.75, 3.05) is 25.3 Å². The second kappa shape index (κ2) is 8.83. The fourth-order valence-electron chi connectivity index (χ4n) is 2.23. The molecule has 0 aliphatic heterocycles. The number of nitrogens with one attached hydrogen (secondary N) is 1. The van der Waals surface area contributed by atoms with Gasteiger partial charge in [-0.2, -0.15) is 0 Å². The van der Waals surface area contributed by atoms with Gasteiger partial charge in [-0.15, -0.1) is 10.2 Å². The Balaban J connectivity index is 1.63. The predicted octanol–water partition coefficient (Wildman–Crippen LogP) is 4.41. The highest BCUT2D eigenvalue weighted by Gasteiger charge is 2.15. The van der Waals surface area contributed by atoms with Crippen LogP contribution < -0.4 is 14.8 Å². The van der Waals surface area contributed by atoms with E-state index in [1.807, 2.05) is 0 Å². The summed E-state index contributed by atoms with van der Waals surface area (Å²) in [6.07, 6.45) is 0. The van der Waals surface area contributed by atoms with Gasteiger partial charge in [0.25, 0.3) is 0 Å². The van der Waals surface area contributed by atoms with Crippen LogP contribution >= 0.6 is 23.1 Å². The molecule has 3 rings (SSSR count). The summed E-state index contributed by atoms with van der Waals surface area (Å²) < 4.78 is 24.7. The van der Waals surface area contributed by atoms with Crippen molar-refractivity contribution in [1.82, 2.24) is 10.2 Å². The maximum Gasteiger partial charge on any atom is 0.210 e. The number of methoxy groups -OCH3 is 2. The van der Waals surface area contributed by atoms with Crippen molar-refractivity contribution in [2.24, 2.45) is 0 Å². The Hall–Kier alpha value is -2.65. The quantitative estimate of drug-likeness (QED) is 0.439. The highest BCUT2D eigenvalue weighted by molar-refractivity contribution is 8.01. The van der Waals surface area contributed by atoms with Gasteiger partial charge in [-0.3, -0.25) is 4.79 Å². The molecule has 0 aliphatic rings. The van der Waals surface area contributed by atoms with Gasteiger partial charge >= 0.3 is 0 Å². The van der Waals surface area contributed by atoms with Gasteiger partial charge in [0.15, 0.2) is 10.1 Å². The van der Waals surface area contributed by atoms with E-state index >= 15 is 0 Å². The first-order valence-electron chi connectivity index (χ1n) is 7.84. The second-order valence-electron chi connectivity index (χ2n) is 5.26. The topological polar surface area (TPSA) is 73.3 Å². The molecule has 1 N–H and O–H groups in total. The molecule has 0 saturated heterocycles. The number of ketones is 1. The standard InChI is InChI=1S/C18H16FN3O3S2/c1-24-11-7-8-12(16(9-11)25-2)15(23)10-26-18-22-21-17(27-18)20-14-6-4-3-5-13(14)19/h3-9H,10H2,1-2H3,(H,20,21). The van der Waals surface area contributed by atoms with Crippen LogP contribution in [0.25, 0.3) is 0 Å². The van der Waals surface area contributed by atoms with Crippen LogP contribution in [0.3, 0.4) is 0 Å². The van der Waals surface area contributed by atoms with Crippen molar-refractivity contribution in [2.45, 2.75) is 4.34 Å². The number of aromatic nitrogens is 2. The summed E-state index contributed by atoms with van der Waals surface area (Å²) in [5.41, 5.74) is 0.796. The van der Waals surface area contributed by atoms with E-state index in [2.05, 4.69) is 15.5 Å². The number of anilines is 2. The lowest BCUT2D eigenvalue weighted by atomic mass is 10.1. The molecule has 0 spiro atoms. The largest absolute Gasteiger partial charge is 0.497 e. The molecule has 0 radical (unpaired) electrons. The Bertz CT molecular complexity index is 949. The molecule has 9 heteroatoms. The first kappa shape index (κ1) is 19.1. The zero-order valence-corrected chi connectivity index (χ0v) is 16.2. The molecule has 0 unspecified atom stereocenters. The van der Waals surface area contributed by atoms with Gasteiger partial charge in [0.05, 0.1) is 31.2 Å². The van der Waals surface area contributed by atoms with Crippen molar-refractivity contribution < 1.29 is 18.7 Å². The van der Waals surface area contributed by atoms with Gasteiger partial charge in [-0.25, -0.2) is 4.39 Å². The molecular weight excluding hydrogens is 389 g/mol. The van der Waals surface area contributed by atoms with Crippen molar-refractivity contribution in [3.63, 3.8) is 0 Å². The smallest absolute Gasteiger partial charge is 0.210 e. The van der Waals surface area contributed by atoms with Gasteiger partial charge in [-0.05, 0) is 24.3 Å². The number of hydrogen-bond donors (Lipinski definition) is 1. The van der Waals surface area contributed by atoms with Gasteiger partial charge in [0.2, 0.25) is 5.13 Å². The van der Waals surface area contributed by atoms with E-state index in [0.717, 1.165) is 0 Å². The third-order valence-electron chi connectivity index (χ3n) is 3.56. The average molecular weight is 405 g/mol. The highest BCUT2D eigenvalue weighted by atomic mass is 32.2. The number of rotatable bonds is 8. The summed E-state index contributed by atoms with van der Waals surface area (Å²) in [7, 11) is 3.05. The summed E-state index contributed by atoms with van der Waals surface area (Å²) >= 11 is 2.51. The monoisotopic (exact) mass is 405 g/mol. The fourth-order valence-corrected chi connectivity index (χ4v) is 3.88. The molecule has 27 heavy (non-hydrogen) atoms. The normalized spacial score (nSPS) is 10.5. The first-order chi connectivity index (χ1) is 13.1. The van der Waals surface area contributed by atoms with Crippen LogP contribution in [-0.2, 0) is 0 Å². The van der Waals surface area contributed by atoms with Crippen LogP contribution in [0.1, 0.15) is 10.4 Å². The molecule has 0 bridgehead atoms. The number of benzene rings is 2. The summed E-state index contributed by atoms with van der Waals surface area (Å²) in [5.74, 6) is 0.780. The Kier molecular flexibility index (Phi) is 6.25. The van der Waals surface area contributed by atoms with E-state index in [4.69, 9.17) is 9.47 Å². The Labute approximate surface area is 163 Å². The van der Waals surface area contributed by atoms with Crippen LogP contribution in [-0.4, -0.2) is 36.0 Å². The Morgan fingerprint density at radius 1 is 1.19 bits per heavy atom.